The molecule has 0 saturated heterocycles. The summed E-state index contributed by atoms with van der Waals surface area (Å²) in [6, 6.07) is 4.09. The van der Waals surface area contributed by atoms with Crippen LogP contribution >= 0.6 is 0 Å². The lowest BCUT2D eigenvalue weighted by atomic mass is 10.1. The number of ether oxygens (including phenoxy) is 2. The smallest absolute Gasteiger partial charge is 0.422 e. The number of nitrogen functional groups attached to an aromatic ring is 1. The quantitative estimate of drug-likeness (QED) is 0.686. The number of esters is 1. The highest BCUT2D eigenvalue weighted by Crippen LogP contribution is 2.30. The Labute approximate surface area is 114 Å². The minimum absolute atomic E-state index is 0.0578. The second-order valence-electron chi connectivity index (χ2n) is 5.13. The number of para-hydroxylation sites is 1. The predicted molar refractivity (Wildman–Crippen MR) is 67.6 cm³/mol. The molecule has 1 rings (SSSR count). The summed E-state index contributed by atoms with van der Waals surface area (Å²) >= 11 is 0. The summed E-state index contributed by atoms with van der Waals surface area (Å²) in [7, 11) is 0. The fraction of sp³-hybridized carbons (Fsp3) is 0.462. The number of hydrogen-bond donors (Lipinski definition) is 1. The van der Waals surface area contributed by atoms with Crippen LogP contribution in [0.25, 0.3) is 0 Å². The van der Waals surface area contributed by atoms with Gasteiger partial charge in [-0.1, -0.05) is 6.07 Å². The van der Waals surface area contributed by atoms with Crippen molar-refractivity contribution in [1.82, 2.24) is 0 Å². The predicted octanol–water partition coefficient (Wildman–Crippen LogP) is 3.17. The summed E-state index contributed by atoms with van der Waals surface area (Å²) in [5, 5.41) is 0. The van der Waals surface area contributed by atoms with Gasteiger partial charge >= 0.3 is 12.1 Å². The third-order valence-electron chi connectivity index (χ3n) is 2.04. The van der Waals surface area contributed by atoms with Gasteiger partial charge in [0.2, 0.25) is 0 Å². The van der Waals surface area contributed by atoms with E-state index in [4.69, 9.17) is 10.5 Å². The zero-order chi connectivity index (χ0) is 15.6. The van der Waals surface area contributed by atoms with E-state index in [2.05, 4.69) is 4.74 Å². The van der Waals surface area contributed by atoms with Crippen molar-refractivity contribution in [1.29, 1.82) is 0 Å². The Kier molecular flexibility index (Phi) is 4.52. The molecular formula is C13H16F3NO3. The molecule has 7 heteroatoms. The molecule has 0 aliphatic heterocycles. The Bertz CT molecular complexity index is 493. The maximum absolute atomic E-state index is 12.2. The maximum Gasteiger partial charge on any atom is 0.422 e. The molecule has 0 atom stereocenters. The van der Waals surface area contributed by atoms with Crippen molar-refractivity contribution >= 4 is 11.7 Å². The lowest BCUT2D eigenvalue weighted by molar-refractivity contribution is -0.153. The molecule has 0 heterocycles. The van der Waals surface area contributed by atoms with Gasteiger partial charge in [0.05, 0.1) is 5.69 Å². The van der Waals surface area contributed by atoms with Crippen LogP contribution in [0.15, 0.2) is 18.2 Å². The number of benzene rings is 1. The van der Waals surface area contributed by atoms with Crippen LogP contribution in [-0.2, 0) is 4.74 Å². The van der Waals surface area contributed by atoms with Crippen LogP contribution < -0.4 is 10.5 Å². The molecule has 2 N–H and O–H groups in total. The van der Waals surface area contributed by atoms with Gasteiger partial charge in [-0.15, -0.1) is 0 Å². The van der Waals surface area contributed by atoms with Gasteiger partial charge in [-0.25, -0.2) is 4.79 Å². The van der Waals surface area contributed by atoms with E-state index < -0.39 is 24.4 Å². The van der Waals surface area contributed by atoms with Gasteiger partial charge in [-0.05, 0) is 32.9 Å². The SMILES string of the molecule is CC(C)(C)OC(=O)c1cccc(N)c1OCC(F)(F)F. The molecule has 1 aromatic rings. The van der Waals surface area contributed by atoms with Crippen molar-refractivity contribution in [3.63, 3.8) is 0 Å². The zero-order valence-electron chi connectivity index (χ0n) is 11.4. The van der Waals surface area contributed by atoms with Crippen molar-refractivity contribution in [3.8, 4) is 5.75 Å². The number of hydrogen-bond acceptors (Lipinski definition) is 4. The number of halogens is 3. The van der Waals surface area contributed by atoms with E-state index in [-0.39, 0.29) is 17.0 Å². The van der Waals surface area contributed by atoms with Crippen molar-refractivity contribution in [2.24, 2.45) is 0 Å². The van der Waals surface area contributed by atoms with Gasteiger partial charge in [0.15, 0.2) is 12.4 Å². The van der Waals surface area contributed by atoms with Gasteiger partial charge in [0.25, 0.3) is 0 Å². The Morgan fingerprint density at radius 2 is 1.85 bits per heavy atom. The van der Waals surface area contributed by atoms with E-state index in [1.165, 1.54) is 18.2 Å². The molecule has 0 aromatic heterocycles. The molecule has 0 aliphatic rings. The summed E-state index contributed by atoms with van der Waals surface area (Å²) in [5.41, 5.74) is 4.58. The van der Waals surface area contributed by atoms with Crippen molar-refractivity contribution in [2.75, 3.05) is 12.3 Å². The van der Waals surface area contributed by atoms with Crippen LogP contribution in [-0.4, -0.2) is 24.4 Å². The number of anilines is 1. The first-order valence-corrected chi connectivity index (χ1v) is 5.81. The van der Waals surface area contributed by atoms with Gasteiger partial charge in [-0.2, -0.15) is 13.2 Å². The van der Waals surface area contributed by atoms with Crippen LogP contribution in [0.4, 0.5) is 18.9 Å². The minimum atomic E-state index is -4.52. The molecule has 1 aromatic carbocycles. The first-order chi connectivity index (χ1) is 8.99. The first kappa shape index (κ1) is 16.1. The van der Waals surface area contributed by atoms with Crippen LogP contribution in [0.5, 0.6) is 5.75 Å². The average Bonchev–Trinajstić information content (AvgIpc) is 2.23. The molecule has 0 radical (unpaired) electrons. The number of alkyl halides is 3. The Morgan fingerprint density at radius 3 is 2.35 bits per heavy atom. The van der Waals surface area contributed by atoms with Crippen LogP contribution in [0.3, 0.4) is 0 Å². The molecule has 20 heavy (non-hydrogen) atoms. The number of carbonyl (C=O) groups is 1. The second-order valence-corrected chi connectivity index (χ2v) is 5.13. The van der Waals surface area contributed by atoms with Gasteiger partial charge in [-0.3, -0.25) is 0 Å². The molecule has 0 spiro atoms. The lowest BCUT2D eigenvalue weighted by Gasteiger charge is -2.21. The minimum Gasteiger partial charge on any atom is -0.481 e. The molecular weight excluding hydrogens is 275 g/mol. The molecule has 0 unspecified atom stereocenters. The van der Waals surface area contributed by atoms with E-state index in [0.29, 0.717) is 0 Å². The third kappa shape index (κ3) is 4.99. The largest absolute Gasteiger partial charge is 0.481 e. The Balaban J connectivity index is 3.02. The second kappa shape index (κ2) is 5.60. The molecule has 0 aliphatic carbocycles. The van der Waals surface area contributed by atoms with Crippen molar-refractivity contribution in [2.45, 2.75) is 32.5 Å². The lowest BCUT2D eigenvalue weighted by Crippen LogP contribution is -2.25. The van der Waals surface area contributed by atoms with E-state index in [0.717, 1.165) is 0 Å². The molecule has 0 amide bonds. The van der Waals surface area contributed by atoms with E-state index in [1.807, 2.05) is 0 Å². The van der Waals surface area contributed by atoms with Crippen molar-refractivity contribution in [3.05, 3.63) is 23.8 Å². The average molecular weight is 291 g/mol. The fourth-order valence-electron chi connectivity index (χ4n) is 1.36. The monoisotopic (exact) mass is 291 g/mol. The van der Waals surface area contributed by atoms with Crippen molar-refractivity contribution < 1.29 is 27.4 Å². The normalized spacial score (nSPS) is 12.1. The maximum atomic E-state index is 12.2. The van der Waals surface area contributed by atoms with E-state index in [1.54, 1.807) is 20.8 Å². The molecule has 0 saturated carbocycles. The molecule has 4 nitrogen and oxygen atoms in total. The topological polar surface area (TPSA) is 61.5 Å². The standard InChI is InChI=1S/C13H16F3NO3/c1-12(2,3)20-11(18)8-5-4-6-9(17)10(8)19-7-13(14,15)16/h4-6H,7,17H2,1-3H3. The molecule has 112 valence electrons. The van der Waals surface area contributed by atoms with E-state index in [9.17, 15) is 18.0 Å². The third-order valence-corrected chi connectivity index (χ3v) is 2.04. The summed E-state index contributed by atoms with van der Waals surface area (Å²) in [6.07, 6.45) is -4.52. The summed E-state index contributed by atoms with van der Waals surface area (Å²) in [6.45, 7) is 3.41. The van der Waals surface area contributed by atoms with Gasteiger partial charge < -0.3 is 15.2 Å². The zero-order valence-corrected chi connectivity index (χ0v) is 11.4. The van der Waals surface area contributed by atoms with Crippen LogP contribution in [0.1, 0.15) is 31.1 Å². The number of nitrogens with two attached hydrogens (primary N) is 1. The Morgan fingerprint density at radius 1 is 1.25 bits per heavy atom. The highest BCUT2D eigenvalue weighted by Gasteiger charge is 2.30. The molecule has 0 fully saturated rings. The van der Waals surface area contributed by atoms with Crippen LogP contribution in [0, 0.1) is 0 Å². The summed E-state index contributed by atoms with van der Waals surface area (Å²) in [5.74, 6) is -1.11. The van der Waals surface area contributed by atoms with E-state index >= 15 is 0 Å². The molecule has 0 bridgehead atoms. The number of rotatable bonds is 3. The fourth-order valence-corrected chi connectivity index (χ4v) is 1.36. The first-order valence-electron chi connectivity index (χ1n) is 5.81. The highest BCUT2D eigenvalue weighted by atomic mass is 19.4. The Hall–Kier alpha value is -1.92. The number of carbonyl (C=O) groups excluding carboxylic acids is 1. The van der Waals surface area contributed by atoms with Gasteiger partial charge in [0.1, 0.15) is 11.2 Å². The van der Waals surface area contributed by atoms with Gasteiger partial charge in [0, 0.05) is 0 Å². The summed E-state index contributed by atoms with van der Waals surface area (Å²) < 4.78 is 46.3. The van der Waals surface area contributed by atoms with Crippen LogP contribution in [0.2, 0.25) is 0 Å². The summed E-state index contributed by atoms with van der Waals surface area (Å²) in [4.78, 5) is 11.9. The highest BCUT2D eigenvalue weighted by molar-refractivity contribution is 5.94.